The summed E-state index contributed by atoms with van der Waals surface area (Å²) in [7, 11) is 3.33. The summed E-state index contributed by atoms with van der Waals surface area (Å²) in [6, 6.07) is 10.3. The minimum atomic E-state index is -4.44. The molecule has 0 radical (unpaired) electrons. The molecule has 2 aromatic rings. The van der Waals surface area contributed by atoms with Crippen molar-refractivity contribution in [2.75, 3.05) is 24.3 Å². The molecular formula is C18H19F3N4OS. The predicted octanol–water partition coefficient (Wildman–Crippen LogP) is 3.36. The van der Waals surface area contributed by atoms with Gasteiger partial charge in [-0.2, -0.15) is 13.2 Å². The predicted molar refractivity (Wildman–Crippen MR) is 104 cm³/mol. The zero-order chi connectivity index (χ0) is 20.2. The summed E-state index contributed by atoms with van der Waals surface area (Å²) in [6.45, 7) is 0.0787. The van der Waals surface area contributed by atoms with E-state index in [-0.39, 0.29) is 17.2 Å². The molecule has 0 heterocycles. The van der Waals surface area contributed by atoms with Crippen LogP contribution in [0.2, 0.25) is 0 Å². The maximum absolute atomic E-state index is 13.1. The Morgan fingerprint density at radius 1 is 1.19 bits per heavy atom. The molecule has 0 bridgehead atoms. The first-order valence-corrected chi connectivity index (χ1v) is 8.31. The van der Waals surface area contributed by atoms with Gasteiger partial charge in [0.25, 0.3) is 5.91 Å². The third kappa shape index (κ3) is 5.58. The Hall–Kier alpha value is -2.81. The summed E-state index contributed by atoms with van der Waals surface area (Å²) in [5.74, 6) is -0.616. The fraction of sp³-hybridized carbons (Fsp3) is 0.222. The number of anilines is 2. The highest BCUT2D eigenvalue weighted by Gasteiger charge is 2.31. The van der Waals surface area contributed by atoms with Gasteiger partial charge in [-0.25, -0.2) is 0 Å². The van der Waals surface area contributed by atoms with Crippen molar-refractivity contribution < 1.29 is 18.0 Å². The van der Waals surface area contributed by atoms with E-state index in [0.29, 0.717) is 16.9 Å². The van der Waals surface area contributed by atoms with Gasteiger partial charge in [-0.05, 0) is 48.1 Å². The summed E-state index contributed by atoms with van der Waals surface area (Å²) < 4.78 is 39.3. The number of carbonyl (C=O) groups is 1. The van der Waals surface area contributed by atoms with Crippen LogP contribution in [0, 0.1) is 0 Å². The van der Waals surface area contributed by atoms with E-state index in [2.05, 4.69) is 10.6 Å². The molecule has 0 aliphatic carbocycles. The third-order valence-corrected chi connectivity index (χ3v) is 3.96. The van der Waals surface area contributed by atoms with Gasteiger partial charge >= 0.3 is 6.18 Å². The van der Waals surface area contributed by atoms with E-state index in [1.165, 1.54) is 0 Å². The van der Waals surface area contributed by atoms with Crippen LogP contribution in [0.25, 0.3) is 0 Å². The van der Waals surface area contributed by atoms with Gasteiger partial charge in [0, 0.05) is 26.3 Å². The van der Waals surface area contributed by atoms with E-state index in [1.54, 1.807) is 49.3 Å². The van der Waals surface area contributed by atoms with Gasteiger partial charge in [0.05, 0.1) is 16.8 Å². The van der Waals surface area contributed by atoms with Crippen LogP contribution in [0.15, 0.2) is 42.5 Å². The van der Waals surface area contributed by atoms with Gasteiger partial charge in [-0.15, -0.1) is 0 Å². The van der Waals surface area contributed by atoms with Gasteiger partial charge in [0.1, 0.15) is 0 Å². The van der Waals surface area contributed by atoms with Crippen molar-refractivity contribution in [2.24, 2.45) is 5.73 Å². The molecule has 0 atom stereocenters. The first-order chi connectivity index (χ1) is 12.6. The quantitative estimate of drug-likeness (QED) is 0.676. The summed E-state index contributed by atoms with van der Waals surface area (Å²) in [5.41, 5.74) is 6.10. The Labute approximate surface area is 160 Å². The molecule has 0 aromatic heterocycles. The van der Waals surface area contributed by atoms with Crippen molar-refractivity contribution in [1.82, 2.24) is 5.32 Å². The van der Waals surface area contributed by atoms with E-state index >= 15 is 0 Å². The summed E-state index contributed by atoms with van der Waals surface area (Å²) >= 11 is 5.17. The van der Waals surface area contributed by atoms with Crippen LogP contribution in [0.4, 0.5) is 24.5 Å². The fourth-order valence-corrected chi connectivity index (χ4v) is 2.54. The number of carbonyl (C=O) groups excluding carboxylic acids is 1. The number of nitrogens with two attached hydrogens (primary N) is 1. The van der Waals surface area contributed by atoms with Gasteiger partial charge in [0.2, 0.25) is 0 Å². The number of halogens is 3. The van der Waals surface area contributed by atoms with Crippen LogP contribution in [-0.2, 0) is 12.7 Å². The normalized spacial score (nSPS) is 11.0. The molecule has 0 aliphatic heterocycles. The lowest BCUT2D eigenvalue weighted by atomic mass is 10.1. The van der Waals surface area contributed by atoms with Crippen LogP contribution in [0.1, 0.15) is 21.5 Å². The minimum Gasteiger partial charge on any atom is -0.378 e. The number of nitrogens with zero attached hydrogens (tertiary/aromatic N) is 1. The molecule has 0 fully saturated rings. The average Bonchev–Trinajstić information content (AvgIpc) is 2.59. The zero-order valence-corrected chi connectivity index (χ0v) is 15.5. The van der Waals surface area contributed by atoms with E-state index in [1.807, 2.05) is 0 Å². The van der Waals surface area contributed by atoms with Crippen LogP contribution in [0.5, 0.6) is 0 Å². The number of rotatable bonds is 5. The van der Waals surface area contributed by atoms with E-state index in [0.717, 1.165) is 12.1 Å². The lowest BCUT2D eigenvalue weighted by Gasteiger charge is -2.18. The summed E-state index contributed by atoms with van der Waals surface area (Å²) in [4.78, 5) is 13.0. The molecule has 4 N–H and O–H groups in total. The first kappa shape index (κ1) is 20.5. The van der Waals surface area contributed by atoms with Crippen molar-refractivity contribution in [1.29, 1.82) is 0 Å². The van der Waals surface area contributed by atoms with Crippen LogP contribution >= 0.6 is 12.2 Å². The number of hydrogen-bond donors (Lipinski definition) is 3. The number of primary amides is 1. The molecule has 5 nitrogen and oxygen atoms in total. The number of nitrogens with one attached hydrogen (secondary N) is 2. The second kappa shape index (κ2) is 8.26. The van der Waals surface area contributed by atoms with Crippen molar-refractivity contribution in [3.05, 3.63) is 59.2 Å². The molecule has 27 heavy (non-hydrogen) atoms. The summed E-state index contributed by atoms with van der Waals surface area (Å²) in [6.07, 6.45) is -4.44. The smallest absolute Gasteiger partial charge is 0.378 e. The number of thiocarbonyl (C=S) groups is 1. The fourth-order valence-electron chi connectivity index (χ4n) is 2.35. The Kier molecular flexibility index (Phi) is 6.27. The molecule has 9 heteroatoms. The molecule has 0 saturated carbocycles. The number of amides is 1. The van der Waals surface area contributed by atoms with Gasteiger partial charge < -0.3 is 21.3 Å². The molecule has 2 aromatic carbocycles. The maximum Gasteiger partial charge on any atom is 0.416 e. The lowest BCUT2D eigenvalue weighted by Crippen LogP contribution is -2.29. The molecule has 1 amide bonds. The second-order valence-electron chi connectivity index (χ2n) is 6.00. The van der Waals surface area contributed by atoms with Gasteiger partial charge in [-0.1, -0.05) is 12.1 Å². The highest BCUT2D eigenvalue weighted by atomic mass is 32.1. The lowest BCUT2D eigenvalue weighted by molar-refractivity contribution is -0.137. The number of para-hydroxylation sites is 1. The van der Waals surface area contributed by atoms with Crippen molar-refractivity contribution in [3.63, 3.8) is 0 Å². The highest BCUT2D eigenvalue weighted by molar-refractivity contribution is 7.80. The number of hydrogen-bond acceptors (Lipinski definition) is 3. The largest absolute Gasteiger partial charge is 0.416 e. The molecule has 0 spiro atoms. The van der Waals surface area contributed by atoms with Crippen molar-refractivity contribution in [3.8, 4) is 0 Å². The molecule has 0 aliphatic rings. The monoisotopic (exact) mass is 396 g/mol. The Morgan fingerprint density at radius 3 is 2.44 bits per heavy atom. The number of alkyl halides is 3. The van der Waals surface area contributed by atoms with Gasteiger partial charge in [0.15, 0.2) is 5.11 Å². The molecular weight excluding hydrogens is 377 g/mol. The molecule has 2 rings (SSSR count). The van der Waals surface area contributed by atoms with E-state index < -0.39 is 17.6 Å². The maximum atomic E-state index is 13.1. The van der Waals surface area contributed by atoms with Crippen molar-refractivity contribution in [2.45, 2.75) is 12.7 Å². The zero-order valence-electron chi connectivity index (χ0n) is 14.7. The molecule has 144 valence electrons. The number of benzene rings is 2. The van der Waals surface area contributed by atoms with Gasteiger partial charge in [-0.3, -0.25) is 4.79 Å². The van der Waals surface area contributed by atoms with Crippen LogP contribution in [0.3, 0.4) is 0 Å². The SMILES string of the molecule is CN(C)c1cc(CNC(=S)Nc2ccccc2C(N)=O)cc(C(F)(F)F)c1. The minimum absolute atomic E-state index is 0.0787. The Balaban J connectivity index is 2.13. The van der Waals surface area contributed by atoms with E-state index in [4.69, 9.17) is 18.0 Å². The average molecular weight is 396 g/mol. The first-order valence-electron chi connectivity index (χ1n) is 7.90. The topological polar surface area (TPSA) is 70.4 Å². The van der Waals surface area contributed by atoms with Crippen LogP contribution < -0.4 is 21.3 Å². The third-order valence-electron chi connectivity index (χ3n) is 3.72. The molecule has 0 saturated heterocycles. The molecule has 0 unspecified atom stereocenters. The summed E-state index contributed by atoms with van der Waals surface area (Å²) in [5, 5.41) is 5.83. The van der Waals surface area contributed by atoms with Crippen LogP contribution in [-0.4, -0.2) is 25.1 Å². The standard InChI is InChI=1S/C18H19F3N4OS/c1-25(2)13-8-11(7-12(9-13)18(19,20)21)10-23-17(27)24-15-6-4-3-5-14(15)16(22)26/h3-9H,10H2,1-2H3,(H2,22,26)(H2,23,24,27). The Bertz CT molecular complexity index is 853. The van der Waals surface area contributed by atoms with E-state index in [9.17, 15) is 18.0 Å². The van der Waals surface area contributed by atoms with Crippen molar-refractivity contribution >= 4 is 34.6 Å². The highest BCUT2D eigenvalue weighted by Crippen LogP contribution is 2.32. The second-order valence-corrected chi connectivity index (χ2v) is 6.41. The Morgan fingerprint density at radius 2 is 1.85 bits per heavy atom.